The van der Waals surface area contributed by atoms with Crippen LogP contribution in [0.15, 0.2) is 11.4 Å². The minimum Gasteiger partial charge on any atom is -0.468 e. The monoisotopic (exact) mass is 510 g/mol. The van der Waals surface area contributed by atoms with Gasteiger partial charge in [0.1, 0.15) is 5.92 Å². The molecule has 196 valence electrons. The number of aromatic amines is 3. The highest BCUT2D eigenvalue weighted by molar-refractivity contribution is 6.24. The summed E-state index contributed by atoms with van der Waals surface area (Å²) in [5.41, 5.74) is 12.5. The third-order valence-electron chi connectivity index (χ3n) is 9.21. The van der Waals surface area contributed by atoms with Crippen molar-refractivity contribution >= 4 is 35.6 Å². The van der Waals surface area contributed by atoms with Gasteiger partial charge < -0.3 is 25.0 Å². The van der Waals surface area contributed by atoms with Crippen molar-refractivity contribution in [3.63, 3.8) is 0 Å². The van der Waals surface area contributed by atoms with Gasteiger partial charge in [0.15, 0.2) is 5.78 Å². The molecule has 7 heteroatoms. The first kappa shape index (κ1) is 24.3. The zero-order valence-electron chi connectivity index (χ0n) is 23.2. The fourth-order valence-corrected chi connectivity index (χ4v) is 6.20. The van der Waals surface area contributed by atoms with Crippen LogP contribution in [0.3, 0.4) is 0 Å². The first-order valence-corrected chi connectivity index (χ1v) is 13.2. The van der Waals surface area contributed by atoms with Gasteiger partial charge in [-0.2, -0.15) is 0 Å². The third-order valence-corrected chi connectivity index (χ3v) is 9.21. The van der Waals surface area contributed by atoms with E-state index in [0.29, 0.717) is 16.8 Å². The highest BCUT2D eigenvalue weighted by Gasteiger charge is 2.47. The summed E-state index contributed by atoms with van der Waals surface area (Å²) in [5, 5.41) is 5.67. The van der Waals surface area contributed by atoms with Crippen molar-refractivity contribution in [2.75, 3.05) is 7.11 Å². The molecule has 0 spiro atoms. The standard InChI is InChI=1S/C31H34N4O3/c1-12-14(3)21-10-23-16(5)17(6)28(34-23)26-27(31(37)38-8)30(36)25-18(7)24(35-29(25)26)11-22-15(4)13(2)20(33-22)9-19(12)32-21/h9-11,16-17,27,32-35H,1-8H3/b20-9-,22-11-,23-10-,28-26-/t16-,17-,27+/m0/s1. The molecule has 38 heavy (non-hydrogen) atoms. The predicted octanol–water partition coefficient (Wildman–Crippen LogP) is 3.80. The van der Waals surface area contributed by atoms with Gasteiger partial charge in [-0.1, -0.05) is 13.8 Å². The van der Waals surface area contributed by atoms with E-state index in [1.165, 1.54) is 23.8 Å². The molecular weight excluding hydrogens is 476 g/mol. The van der Waals surface area contributed by atoms with Gasteiger partial charge in [-0.05, 0) is 80.7 Å². The van der Waals surface area contributed by atoms with Gasteiger partial charge in [0.25, 0.3) is 0 Å². The van der Waals surface area contributed by atoms with Crippen LogP contribution in [0.25, 0.3) is 23.8 Å². The molecule has 0 unspecified atom stereocenters. The van der Waals surface area contributed by atoms with E-state index >= 15 is 0 Å². The van der Waals surface area contributed by atoms with E-state index in [4.69, 9.17) is 4.74 Å². The molecule has 1 fully saturated rings. The van der Waals surface area contributed by atoms with E-state index in [1.807, 2.05) is 6.92 Å². The molecule has 3 atom stereocenters. The topological polar surface area (TPSA) is 103 Å². The summed E-state index contributed by atoms with van der Waals surface area (Å²) in [6.07, 6.45) is 6.42. The summed E-state index contributed by atoms with van der Waals surface area (Å²) in [7, 11) is 1.34. The first-order valence-electron chi connectivity index (χ1n) is 13.2. The van der Waals surface area contributed by atoms with Gasteiger partial charge in [0.05, 0.1) is 12.8 Å². The van der Waals surface area contributed by atoms with Crippen LogP contribution in [0.1, 0.15) is 74.8 Å². The Balaban J connectivity index is 1.73. The lowest BCUT2D eigenvalue weighted by atomic mass is 9.89. The molecule has 7 nitrogen and oxygen atoms in total. The zero-order chi connectivity index (χ0) is 27.2. The minimum absolute atomic E-state index is 0.0757. The number of esters is 1. The molecule has 1 saturated heterocycles. The summed E-state index contributed by atoms with van der Waals surface area (Å²) >= 11 is 0. The first-order chi connectivity index (χ1) is 18.0. The highest BCUT2D eigenvalue weighted by Crippen LogP contribution is 2.47. The highest BCUT2D eigenvalue weighted by atomic mass is 16.5. The van der Waals surface area contributed by atoms with Crippen molar-refractivity contribution < 1.29 is 14.3 Å². The van der Waals surface area contributed by atoms with Crippen LogP contribution in [0.5, 0.6) is 0 Å². The second-order valence-corrected chi connectivity index (χ2v) is 11.1. The number of Topliss-reactive ketones (excluding diaryl/α,β-unsaturated/α-hetero) is 1. The Morgan fingerprint density at radius 2 is 1.34 bits per heavy atom. The molecule has 0 aromatic carbocycles. The normalized spacial score (nSPS) is 26.8. The van der Waals surface area contributed by atoms with Crippen LogP contribution < -0.4 is 16.0 Å². The molecule has 0 radical (unpaired) electrons. The van der Waals surface area contributed by atoms with Gasteiger partial charge >= 0.3 is 5.97 Å². The molecule has 3 aromatic heterocycles. The Hall–Kier alpha value is -4.00. The van der Waals surface area contributed by atoms with E-state index in [0.717, 1.165) is 50.3 Å². The van der Waals surface area contributed by atoms with Gasteiger partial charge in [-0.25, -0.2) is 0 Å². The molecular formula is C31H34N4O3. The second-order valence-electron chi connectivity index (χ2n) is 11.1. The number of allylic oxidation sites excluding steroid dienone is 2. The van der Waals surface area contributed by atoms with Crippen molar-refractivity contribution in [3.05, 3.63) is 78.2 Å². The maximum atomic E-state index is 13.8. The number of nitrogens with one attached hydrogen (secondary N) is 4. The Kier molecular flexibility index (Phi) is 5.29. The number of aromatic nitrogens is 3. The van der Waals surface area contributed by atoms with Crippen LogP contribution in [0.4, 0.5) is 0 Å². The number of hydrogen-bond donors (Lipinski definition) is 4. The van der Waals surface area contributed by atoms with Crippen LogP contribution in [-0.4, -0.2) is 33.8 Å². The largest absolute Gasteiger partial charge is 0.468 e. The summed E-state index contributed by atoms with van der Waals surface area (Å²) in [5.74, 6) is -1.49. The van der Waals surface area contributed by atoms with E-state index in [-0.39, 0.29) is 17.6 Å². The van der Waals surface area contributed by atoms with Crippen molar-refractivity contribution in [3.8, 4) is 0 Å². The number of rotatable bonds is 1. The van der Waals surface area contributed by atoms with Crippen LogP contribution >= 0.6 is 0 Å². The lowest BCUT2D eigenvalue weighted by Crippen LogP contribution is -2.24. The molecule has 5 heterocycles. The predicted molar refractivity (Wildman–Crippen MR) is 149 cm³/mol. The number of ether oxygens (including phenoxy) is 1. The lowest BCUT2D eigenvalue weighted by Gasteiger charge is -2.16. The maximum absolute atomic E-state index is 13.8. The number of methoxy groups -OCH3 is 1. The Morgan fingerprint density at radius 3 is 1.95 bits per heavy atom. The van der Waals surface area contributed by atoms with E-state index in [9.17, 15) is 9.59 Å². The van der Waals surface area contributed by atoms with Crippen molar-refractivity contribution in [1.29, 1.82) is 0 Å². The summed E-state index contributed by atoms with van der Waals surface area (Å²) in [4.78, 5) is 37.5. The molecule has 2 aliphatic heterocycles. The van der Waals surface area contributed by atoms with Crippen molar-refractivity contribution in [1.82, 2.24) is 20.3 Å². The summed E-state index contributed by atoms with van der Waals surface area (Å²) < 4.78 is 5.13. The fraction of sp³-hybridized carbons (Fsp3) is 0.355. The summed E-state index contributed by atoms with van der Waals surface area (Å²) in [6.45, 7) is 14.8. The lowest BCUT2D eigenvalue weighted by molar-refractivity contribution is -0.141. The number of fused-ring (bicyclic) bond motifs is 7. The van der Waals surface area contributed by atoms with Crippen LogP contribution in [0.2, 0.25) is 0 Å². The average Bonchev–Trinajstić information content (AvgIpc) is 3.60. The summed E-state index contributed by atoms with van der Waals surface area (Å²) in [6, 6.07) is 0. The molecule has 3 aliphatic rings. The van der Waals surface area contributed by atoms with E-state index in [1.54, 1.807) is 0 Å². The quantitative estimate of drug-likeness (QED) is 0.295. The van der Waals surface area contributed by atoms with Crippen molar-refractivity contribution in [2.24, 2.45) is 17.8 Å². The van der Waals surface area contributed by atoms with Gasteiger partial charge in [0.2, 0.25) is 0 Å². The van der Waals surface area contributed by atoms with Gasteiger partial charge in [0, 0.05) is 62.1 Å². The van der Waals surface area contributed by atoms with Crippen LogP contribution in [0, 0.1) is 52.4 Å². The SMILES string of the molecule is COC(=O)[C@H]1C(=O)c2c3[nH]c(c2C)/C=c2\[nH]/c(c(C)c2C)=C\c2[nH]c(c(C)c2C)/C=C2\N/C(=C\31)[C@@H](C)[C@@H]2C. The molecule has 3 aromatic rings. The van der Waals surface area contributed by atoms with Gasteiger partial charge in [-0.15, -0.1) is 0 Å². The molecule has 0 saturated carbocycles. The average molecular weight is 511 g/mol. The molecule has 6 rings (SSSR count). The molecule has 8 bridgehead atoms. The number of H-pyrrole nitrogens is 3. The fourth-order valence-electron chi connectivity index (χ4n) is 6.20. The number of hydrogen-bond acceptors (Lipinski definition) is 4. The minimum atomic E-state index is -0.985. The second kappa shape index (κ2) is 8.25. The Bertz CT molecular complexity index is 1750. The third kappa shape index (κ3) is 3.20. The number of ketones is 1. The zero-order valence-corrected chi connectivity index (χ0v) is 23.2. The van der Waals surface area contributed by atoms with Gasteiger partial charge in [-0.3, -0.25) is 9.59 Å². The van der Waals surface area contributed by atoms with E-state index in [2.05, 4.69) is 80.0 Å². The number of carbonyl (C=O) groups excluding carboxylic acids is 2. The molecule has 1 aliphatic carbocycles. The number of carbonyl (C=O) groups is 2. The van der Waals surface area contributed by atoms with Crippen LogP contribution in [-0.2, 0) is 9.53 Å². The molecule has 0 amide bonds. The van der Waals surface area contributed by atoms with E-state index < -0.39 is 11.9 Å². The Morgan fingerprint density at radius 1 is 0.763 bits per heavy atom. The smallest absolute Gasteiger partial charge is 0.321 e. The Labute approximate surface area is 221 Å². The van der Waals surface area contributed by atoms with Crippen molar-refractivity contribution in [2.45, 2.75) is 48.5 Å². The maximum Gasteiger partial charge on any atom is 0.321 e. The molecule has 4 N–H and O–H groups in total.